The third-order valence-corrected chi connectivity index (χ3v) is 5.08. The molecule has 1 heterocycles. The molecule has 1 amide bonds. The zero-order valence-electron chi connectivity index (χ0n) is 15.5. The van der Waals surface area contributed by atoms with Gasteiger partial charge in [-0.15, -0.1) is 10.2 Å². The minimum absolute atomic E-state index is 0.0780. The highest BCUT2D eigenvalue weighted by molar-refractivity contribution is 7.99. The van der Waals surface area contributed by atoms with Gasteiger partial charge in [0.2, 0.25) is 5.91 Å². The molecule has 0 aliphatic heterocycles. The van der Waals surface area contributed by atoms with E-state index in [1.807, 2.05) is 24.3 Å². The Labute approximate surface area is 170 Å². The summed E-state index contributed by atoms with van der Waals surface area (Å²) in [6.07, 6.45) is -3.58. The van der Waals surface area contributed by atoms with Crippen molar-refractivity contribution < 1.29 is 18.0 Å². The number of alkyl halides is 3. The van der Waals surface area contributed by atoms with Crippen LogP contribution >= 0.6 is 11.8 Å². The van der Waals surface area contributed by atoms with Crippen LogP contribution in [-0.2, 0) is 17.4 Å². The number of hydrogen-bond acceptors (Lipinski definition) is 4. The van der Waals surface area contributed by atoms with Crippen molar-refractivity contribution in [3.05, 3.63) is 71.8 Å². The predicted octanol–water partition coefficient (Wildman–Crippen LogP) is 5.46. The van der Waals surface area contributed by atoms with Crippen LogP contribution in [0.1, 0.15) is 18.1 Å². The summed E-state index contributed by atoms with van der Waals surface area (Å²) in [5, 5.41) is 11.1. The highest BCUT2D eigenvalue weighted by Gasteiger charge is 2.33. The number of thioether (sulfide) groups is 1. The molecule has 0 atom stereocenters. The number of halogens is 3. The zero-order valence-corrected chi connectivity index (χ0v) is 16.3. The zero-order chi connectivity index (χ0) is 20.9. The summed E-state index contributed by atoms with van der Waals surface area (Å²) in [4.78, 5) is 12.1. The Hall–Kier alpha value is -2.87. The highest BCUT2D eigenvalue weighted by atomic mass is 32.2. The second-order valence-corrected chi connectivity index (χ2v) is 7.18. The van der Waals surface area contributed by atoms with Crippen LogP contribution in [0.5, 0.6) is 0 Å². The Balaban J connectivity index is 1.59. The number of amides is 1. The predicted molar refractivity (Wildman–Crippen MR) is 108 cm³/mol. The molecule has 150 valence electrons. The smallest absolute Gasteiger partial charge is 0.325 e. The van der Waals surface area contributed by atoms with Gasteiger partial charge >= 0.3 is 6.18 Å². The fourth-order valence-electron chi connectivity index (χ4n) is 2.63. The molecular formula is C21H18F3N3OS. The number of nitrogens with zero attached hydrogens (tertiary/aromatic N) is 2. The molecule has 3 rings (SSSR count). The Kier molecular flexibility index (Phi) is 6.53. The first-order valence-electron chi connectivity index (χ1n) is 8.88. The van der Waals surface area contributed by atoms with Crippen LogP contribution in [0.4, 0.5) is 18.9 Å². The van der Waals surface area contributed by atoms with Crippen molar-refractivity contribution in [3.8, 4) is 11.3 Å². The molecular weight excluding hydrogens is 399 g/mol. The summed E-state index contributed by atoms with van der Waals surface area (Å²) in [5.41, 5.74) is 1.74. The quantitative estimate of drug-likeness (QED) is 0.542. The van der Waals surface area contributed by atoms with Crippen molar-refractivity contribution in [2.24, 2.45) is 0 Å². The molecule has 0 bridgehead atoms. The number of benzene rings is 2. The van der Waals surface area contributed by atoms with Gasteiger partial charge in [0.05, 0.1) is 22.7 Å². The van der Waals surface area contributed by atoms with Gasteiger partial charge in [0.1, 0.15) is 5.03 Å². The number of carbonyl (C=O) groups excluding carboxylic acids is 1. The largest absolute Gasteiger partial charge is 0.418 e. The molecule has 1 N–H and O–H groups in total. The van der Waals surface area contributed by atoms with Gasteiger partial charge in [-0.3, -0.25) is 4.79 Å². The van der Waals surface area contributed by atoms with Gasteiger partial charge in [-0.25, -0.2) is 0 Å². The van der Waals surface area contributed by atoms with Crippen molar-refractivity contribution in [3.63, 3.8) is 0 Å². The van der Waals surface area contributed by atoms with Gasteiger partial charge in [-0.1, -0.05) is 55.1 Å². The number of aromatic nitrogens is 2. The van der Waals surface area contributed by atoms with E-state index >= 15 is 0 Å². The van der Waals surface area contributed by atoms with Gasteiger partial charge in [0.15, 0.2) is 0 Å². The standard InChI is InChI=1S/C21H18F3N3OS/c1-2-14-7-9-15(10-8-14)17-11-12-20(27-26-17)29-13-19(28)25-18-6-4-3-5-16(18)21(22,23)24/h3-12H,2,13H2,1H3,(H,25,28). The fourth-order valence-corrected chi connectivity index (χ4v) is 3.24. The summed E-state index contributed by atoms with van der Waals surface area (Å²) in [7, 11) is 0. The molecule has 2 aromatic carbocycles. The van der Waals surface area contributed by atoms with Crippen LogP contribution in [0.2, 0.25) is 0 Å². The van der Waals surface area contributed by atoms with Gasteiger partial charge in [-0.05, 0) is 36.2 Å². The number of hydrogen-bond donors (Lipinski definition) is 1. The summed E-state index contributed by atoms with van der Waals surface area (Å²) in [6, 6.07) is 16.4. The van der Waals surface area contributed by atoms with Crippen LogP contribution in [0.3, 0.4) is 0 Å². The van der Waals surface area contributed by atoms with Crippen LogP contribution in [0, 0.1) is 0 Å². The molecule has 0 radical (unpaired) electrons. The van der Waals surface area contributed by atoms with Gasteiger partial charge in [0, 0.05) is 5.56 Å². The second-order valence-electron chi connectivity index (χ2n) is 6.19. The first kappa shape index (κ1) is 20.9. The van der Waals surface area contributed by atoms with E-state index in [1.165, 1.54) is 23.8 Å². The molecule has 4 nitrogen and oxygen atoms in total. The van der Waals surface area contributed by atoms with E-state index in [0.717, 1.165) is 29.8 Å². The van der Waals surface area contributed by atoms with Crippen LogP contribution in [0.15, 0.2) is 65.7 Å². The first-order valence-corrected chi connectivity index (χ1v) is 9.87. The molecule has 3 aromatic rings. The minimum Gasteiger partial charge on any atom is -0.325 e. The van der Waals surface area contributed by atoms with Crippen LogP contribution in [-0.4, -0.2) is 21.9 Å². The maximum atomic E-state index is 13.0. The maximum absolute atomic E-state index is 13.0. The van der Waals surface area contributed by atoms with Crippen molar-refractivity contribution in [1.82, 2.24) is 10.2 Å². The number of para-hydroxylation sites is 1. The van der Waals surface area contributed by atoms with Crippen molar-refractivity contribution in [2.75, 3.05) is 11.1 Å². The summed E-state index contributed by atoms with van der Waals surface area (Å²) < 4.78 is 39.0. The minimum atomic E-state index is -4.53. The first-order chi connectivity index (χ1) is 13.9. The molecule has 0 unspecified atom stereocenters. The lowest BCUT2D eigenvalue weighted by Crippen LogP contribution is -2.18. The number of carbonyl (C=O) groups is 1. The SMILES string of the molecule is CCc1ccc(-c2ccc(SCC(=O)Nc3ccccc3C(F)(F)F)nn2)cc1. The summed E-state index contributed by atoms with van der Waals surface area (Å²) >= 11 is 1.10. The number of anilines is 1. The molecule has 29 heavy (non-hydrogen) atoms. The molecule has 0 saturated heterocycles. The Bertz CT molecular complexity index is 974. The summed E-state index contributed by atoms with van der Waals surface area (Å²) in [5.74, 6) is -0.626. The molecule has 0 aliphatic carbocycles. The number of aryl methyl sites for hydroxylation is 1. The third-order valence-electron chi connectivity index (χ3n) is 4.16. The average molecular weight is 417 g/mol. The Morgan fingerprint density at radius 1 is 1.00 bits per heavy atom. The third kappa shape index (κ3) is 5.57. The van der Waals surface area contributed by atoms with Gasteiger partial charge in [-0.2, -0.15) is 13.2 Å². The average Bonchev–Trinajstić information content (AvgIpc) is 2.72. The molecule has 0 fully saturated rings. The van der Waals surface area contributed by atoms with Crippen LogP contribution < -0.4 is 5.32 Å². The topological polar surface area (TPSA) is 54.9 Å². The lowest BCUT2D eigenvalue weighted by molar-refractivity contribution is -0.137. The fraction of sp³-hybridized carbons (Fsp3) is 0.190. The van der Waals surface area contributed by atoms with E-state index in [2.05, 4.69) is 22.4 Å². The van der Waals surface area contributed by atoms with E-state index < -0.39 is 17.6 Å². The maximum Gasteiger partial charge on any atom is 0.418 e. The normalized spacial score (nSPS) is 11.3. The Morgan fingerprint density at radius 3 is 2.34 bits per heavy atom. The highest BCUT2D eigenvalue weighted by Crippen LogP contribution is 2.34. The van der Waals surface area contributed by atoms with Crippen molar-refractivity contribution in [2.45, 2.75) is 24.5 Å². The summed E-state index contributed by atoms with van der Waals surface area (Å²) in [6.45, 7) is 2.08. The van der Waals surface area contributed by atoms with Crippen molar-refractivity contribution >= 4 is 23.4 Å². The van der Waals surface area contributed by atoms with E-state index in [9.17, 15) is 18.0 Å². The van der Waals surface area contributed by atoms with Gasteiger partial charge < -0.3 is 5.32 Å². The number of rotatable bonds is 6. The van der Waals surface area contributed by atoms with E-state index in [1.54, 1.807) is 12.1 Å². The van der Waals surface area contributed by atoms with Crippen molar-refractivity contribution in [1.29, 1.82) is 0 Å². The molecule has 0 spiro atoms. The Morgan fingerprint density at radius 2 is 1.72 bits per heavy atom. The molecule has 0 saturated carbocycles. The van der Waals surface area contributed by atoms with Crippen LogP contribution in [0.25, 0.3) is 11.3 Å². The lowest BCUT2D eigenvalue weighted by atomic mass is 10.1. The molecule has 8 heteroatoms. The molecule has 0 aliphatic rings. The number of nitrogens with one attached hydrogen (secondary N) is 1. The van der Waals surface area contributed by atoms with E-state index in [0.29, 0.717) is 10.7 Å². The van der Waals surface area contributed by atoms with Gasteiger partial charge in [0.25, 0.3) is 0 Å². The molecule has 1 aromatic heterocycles. The monoisotopic (exact) mass is 417 g/mol. The second kappa shape index (κ2) is 9.09. The van der Waals surface area contributed by atoms with E-state index in [-0.39, 0.29) is 11.4 Å². The lowest BCUT2D eigenvalue weighted by Gasteiger charge is -2.13. The van der Waals surface area contributed by atoms with E-state index in [4.69, 9.17) is 0 Å².